The second kappa shape index (κ2) is 6.35. The quantitative estimate of drug-likeness (QED) is 0.642. The second-order valence-corrected chi connectivity index (χ2v) is 3.89. The standard InChI is InChI=1S/C10H22N2O/c1-13-7-3-6-12-5-2-4-10(8-11)9-12/h10H,2-9,11H2,1H3. The molecular formula is C10H22N2O. The molecule has 1 heterocycles. The lowest BCUT2D eigenvalue weighted by molar-refractivity contribution is 0.143. The number of rotatable bonds is 5. The zero-order valence-corrected chi connectivity index (χ0v) is 8.67. The highest BCUT2D eigenvalue weighted by molar-refractivity contribution is 4.73. The lowest BCUT2D eigenvalue weighted by Gasteiger charge is -2.31. The summed E-state index contributed by atoms with van der Waals surface area (Å²) in [5.74, 6) is 0.733. The molecule has 13 heavy (non-hydrogen) atoms. The number of hydrogen-bond acceptors (Lipinski definition) is 3. The van der Waals surface area contributed by atoms with Gasteiger partial charge < -0.3 is 15.4 Å². The Morgan fingerprint density at radius 2 is 2.38 bits per heavy atom. The monoisotopic (exact) mass is 186 g/mol. The van der Waals surface area contributed by atoms with Gasteiger partial charge in [0, 0.05) is 26.8 Å². The number of nitrogens with two attached hydrogens (primary N) is 1. The highest BCUT2D eigenvalue weighted by Gasteiger charge is 2.17. The van der Waals surface area contributed by atoms with Crippen LogP contribution in [0.25, 0.3) is 0 Å². The summed E-state index contributed by atoms with van der Waals surface area (Å²) in [4.78, 5) is 2.51. The topological polar surface area (TPSA) is 38.5 Å². The van der Waals surface area contributed by atoms with E-state index in [1.54, 1.807) is 7.11 Å². The van der Waals surface area contributed by atoms with E-state index in [1.165, 1.54) is 32.5 Å². The van der Waals surface area contributed by atoms with Gasteiger partial charge in [-0.3, -0.25) is 0 Å². The highest BCUT2D eigenvalue weighted by atomic mass is 16.5. The first-order valence-electron chi connectivity index (χ1n) is 5.28. The van der Waals surface area contributed by atoms with Crippen molar-refractivity contribution in [2.24, 2.45) is 11.7 Å². The van der Waals surface area contributed by atoms with E-state index in [1.807, 2.05) is 0 Å². The van der Waals surface area contributed by atoms with E-state index in [0.717, 1.165) is 25.5 Å². The molecule has 1 aliphatic rings. The Hall–Kier alpha value is -0.120. The molecule has 1 aliphatic heterocycles. The minimum atomic E-state index is 0.733. The van der Waals surface area contributed by atoms with Crippen LogP contribution in [-0.4, -0.2) is 44.8 Å². The van der Waals surface area contributed by atoms with Crippen LogP contribution in [0.2, 0.25) is 0 Å². The number of likely N-dealkylation sites (tertiary alicyclic amines) is 1. The van der Waals surface area contributed by atoms with Crippen LogP contribution in [0.3, 0.4) is 0 Å². The van der Waals surface area contributed by atoms with Gasteiger partial charge in [0.25, 0.3) is 0 Å². The minimum Gasteiger partial charge on any atom is -0.385 e. The first-order valence-corrected chi connectivity index (χ1v) is 5.28. The second-order valence-electron chi connectivity index (χ2n) is 3.89. The maximum Gasteiger partial charge on any atom is 0.0474 e. The highest BCUT2D eigenvalue weighted by Crippen LogP contribution is 2.14. The van der Waals surface area contributed by atoms with E-state index in [2.05, 4.69) is 4.90 Å². The third kappa shape index (κ3) is 4.07. The Balaban J connectivity index is 2.11. The van der Waals surface area contributed by atoms with Crippen molar-refractivity contribution in [1.29, 1.82) is 0 Å². The average Bonchev–Trinajstić information content (AvgIpc) is 2.19. The molecule has 0 radical (unpaired) electrons. The average molecular weight is 186 g/mol. The van der Waals surface area contributed by atoms with Gasteiger partial charge in [-0.1, -0.05) is 0 Å². The molecule has 0 aromatic rings. The summed E-state index contributed by atoms with van der Waals surface area (Å²) >= 11 is 0. The zero-order valence-electron chi connectivity index (χ0n) is 8.67. The number of piperidine rings is 1. The molecule has 1 atom stereocenters. The summed E-state index contributed by atoms with van der Waals surface area (Å²) in [6.45, 7) is 5.34. The van der Waals surface area contributed by atoms with E-state index in [9.17, 15) is 0 Å². The van der Waals surface area contributed by atoms with Crippen molar-refractivity contribution >= 4 is 0 Å². The van der Waals surface area contributed by atoms with Crippen LogP contribution in [0.15, 0.2) is 0 Å². The molecule has 0 aromatic carbocycles. The van der Waals surface area contributed by atoms with E-state index in [-0.39, 0.29) is 0 Å². The van der Waals surface area contributed by atoms with Gasteiger partial charge in [0.05, 0.1) is 0 Å². The fraction of sp³-hybridized carbons (Fsp3) is 1.00. The maximum atomic E-state index is 5.67. The number of ether oxygens (including phenoxy) is 1. The summed E-state index contributed by atoms with van der Waals surface area (Å²) in [6.07, 6.45) is 3.78. The largest absolute Gasteiger partial charge is 0.385 e. The fourth-order valence-electron chi connectivity index (χ4n) is 1.98. The Morgan fingerprint density at radius 1 is 1.54 bits per heavy atom. The first kappa shape index (κ1) is 11.0. The van der Waals surface area contributed by atoms with Gasteiger partial charge in [0.1, 0.15) is 0 Å². The van der Waals surface area contributed by atoms with Gasteiger partial charge >= 0.3 is 0 Å². The van der Waals surface area contributed by atoms with Crippen LogP contribution in [0.4, 0.5) is 0 Å². The number of methoxy groups -OCH3 is 1. The molecule has 0 aliphatic carbocycles. The molecule has 0 aromatic heterocycles. The van der Waals surface area contributed by atoms with Gasteiger partial charge in [-0.25, -0.2) is 0 Å². The fourth-order valence-corrected chi connectivity index (χ4v) is 1.98. The molecule has 0 spiro atoms. The predicted molar refractivity (Wildman–Crippen MR) is 54.7 cm³/mol. The molecule has 0 amide bonds. The van der Waals surface area contributed by atoms with Crippen molar-refractivity contribution in [3.05, 3.63) is 0 Å². The third-order valence-electron chi connectivity index (χ3n) is 2.76. The van der Waals surface area contributed by atoms with Crippen LogP contribution >= 0.6 is 0 Å². The van der Waals surface area contributed by atoms with Crippen molar-refractivity contribution in [1.82, 2.24) is 4.90 Å². The van der Waals surface area contributed by atoms with Crippen LogP contribution < -0.4 is 5.73 Å². The van der Waals surface area contributed by atoms with Crippen LogP contribution in [0, 0.1) is 5.92 Å². The molecule has 1 rings (SSSR count). The summed E-state index contributed by atoms with van der Waals surface area (Å²) in [5, 5.41) is 0. The van der Waals surface area contributed by atoms with Crippen molar-refractivity contribution in [3.8, 4) is 0 Å². The smallest absolute Gasteiger partial charge is 0.0474 e. The molecule has 0 saturated carbocycles. The molecule has 1 saturated heterocycles. The summed E-state index contributed by atoms with van der Waals surface area (Å²) < 4.78 is 5.03. The van der Waals surface area contributed by atoms with Crippen LogP contribution in [-0.2, 0) is 4.74 Å². The van der Waals surface area contributed by atoms with E-state index >= 15 is 0 Å². The summed E-state index contributed by atoms with van der Waals surface area (Å²) in [6, 6.07) is 0. The Morgan fingerprint density at radius 3 is 3.08 bits per heavy atom. The van der Waals surface area contributed by atoms with Gasteiger partial charge in [-0.2, -0.15) is 0 Å². The van der Waals surface area contributed by atoms with Crippen molar-refractivity contribution in [2.75, 3.05) is 39.9 Å². The normalized spacial score (nSPS) is 24.9. The van der Waals surface area contributed by atoms with Crippen molar-refractivity contribution in [2.45, 2.75) is 19.3 Å². The lowest BCUT2D eigenvalue weighted by atomic mass is 9.98. The number of nitrogens with zero attached hydrogens (tertiary/aromatic N) is 1. The Kier molecular flexibility index (Phi) is 5.35. The molecule has 3 heteroatoms. The Bertz CT molecular complexity index is 130. The molecule has 1 fully saturated rings. The van der Waals surface area contributed by atoms with E-state index in [0.29, 0.717) is 0 Å². The summed E-state index contributed by atoms with van der Waals surface area (Å²) in [5.41, 5.74) is 5.67. The Labute approximate surface area is 81.2 Å². The van der Waals surface area contributed by atoms with Gasteiger partial charge in [-0.15, -0.1) is 0 Å². The SMILES string of the molecule is COCCCN1CCCC(CN)C1. The first-order chi connectivity index (χ1) is 6.36. The molecule has 1 unspecified atom stereocenters. The van der Waals surface area contributed by atoms with Crippen LogP contribution in [0.5, 0.6) is 0 Å². The molecule has 78 valence electrons. The molecule has 2 N–H and O–H groups in total. The zero-order chi connectivity index (χ0) is 9.52. The molecule has 3 nitrogen and oxygen atoms in total. The summed E-state index contributed by atoms with van der Waals surface area (Å²) in [7, 11) is 1.76. The van der Waals surface area contributed by atoms with Crippen molar-refractivity contribution in [3.63, 3.8) is 0 Å². The minimum absolute atomic E-state index is 0.733. The third-order valence-corrected chi connectivity index (χ3v) is 2.76. The van der Waals surface area contributed by atoms with Gasteiger partial charge in [0.15, 0.2) is 0 Å². The molecular weight excluding hydrogens is 164 g/mol. The molecule has 0 bridgehead atoms. The lowest BCUT2D eigenvalue weighted by Crippen LogP contribution is -2.39. The van der Waals surface area contributed by atoms with Gasteiger partial charge in [-0.05, 0) is 38.3 Å². The number of hydrogen-bond donors (Lipinski definition) is 1. The van der Waals surface area contributed by atoms with E-state index < -0.39 is 0 Å². The maximum absolute atomic E-state index is 5.67. The van der Waals surface area contributed by atoms with Gasteiger partial charge in [0.2, 0.25) is 0 Å². The van der Waals surface area contributed by atoms with E-state index in [4.69, 9.17) is 10.5 Å². The van der Waals surface area contributed by atoms with Crippen LogP contribution in [0.1, 0.15) is 19.3 Å². The predicted octanol–water partition coefficient (Wildman–Crippen LogP) is 0.694. The van der Waals surface area contributed by atoms with Crippen molar-refractivity contribution < 1.29 is 4.74 Å².